The van der Waals surface area contributed by atoms with Gasteiger partial charge in [-0.2, -0.15) is 0 Å². The molecule has 1 fully saturated rings. The average Bonchev–Trinajstić information content (AvgIpc) is 2.80. The predicted molar refractivity (Wildman–Crippen MR) is 121 cm³/mol. The number of nitrogen functional groups attached to an aromatic ring is 1. The fourth-order valence-electron chi connectivity index (χ4n) is 5.52. The van der Waals surface area contributed by atoms with Crippen LogP contribution in [0, 0.1) is 11.3 Å². The maximum atomic E-state index is 13.9. The number of anilines is 1. The highest BCUT2D eigenvalue weighted by molar-refractivity contribution is 6.24. The van der Waals surface area contributed by atoms with Gasteiger partial charge in [-0.3, -0.25) is 14.4 Å². The minimum absolute atomic E-state index is 0.0126. The number of benzene rings is 1. The molecule has 0 spiro atoms. The number of hydrogen-bond donors (Lipinski definition) is 7. The average molecular weight is 489 g/mol. The monoisotopic (exact) mass is 489 g/mol. The van der Waals surface area contributed by atoms with E-state index in [1.54, 1.807) is 0 Å². The molecule has 35 heavy (non-hydrogen) atoms. The van der Waals surface area contributed by atoms with Crippen molar-refractivity contribution in [2.24, 2.45) is 22.8 Å². The van der Waals surface area contributed by atoms with E-state index in [0.29, 0.717) is 5.56 Å². The van der Waals surface area contributed by atoms with Crippen molar-refractivity contribution in [3.63, 3.8) is 0 Å². The molecule has 0 aromatic heterocycles. The number of phenols is 1. The molecular formula is C23H27N3O9. The Balaban J connectivity index is 1.98. The molecule has 1 amide bonds. The van der Waals surface area contributed by atoms with Crippen LogP contribution in [0.3, 0.4) is 0 Å². The minimum atomic E-state index is -2.81. The summed E-state index contributed by atoms with van der Waals surface area (Å²) in [6, 6.07) is 1.12. The van der Waals surface area contributed by atoms with E-state index in [4.69, 9.17) is 26.7 Å². The zero-order chi connectivity index (χ0) is 25.9. The molecule has 1 aromatic carbocycles. The van der Waals surface area contributed by atoms with Gasteiger partial charge in [-0.15, -0.1) is 0 Å². The number of rotatable bonds is 6. The first-order valence-corrected chi connectivity index (χ1v) is 10.8. The molecule has 0 heterocycles. The second-order valence-electron chi connectivity index (χ2n) is 9.14. The molecule has 4 atom stereocenters. The number of aromatic hydroxyl groups is 1. The number of hydrogen-bond acceptors (Lipinski definition) is 11. The minimum Gasteiger partial charge on any atom is -0.508 e. The highest BCUT2D eigenvalue weighted by atomic mass is 16.5. The van der Waals surface area contributed by atoms with Gasteiger partial charge < -0.3 is 47.1 Å². The van der Waals surface area contributed by atoms with Crippen LogP contribution in [0.5, 0.6) is 5.75 Å². The zero-order valence-corrected chi connectivity index (χ0v) is 18.9. The number of primary amides is 1. The fourth-order valence-corrected chi connectivity index (χ4v) is 5.52. The van der Waals surface area contributed by atoms with Crippen LogP contribution in [0.25, 0.3) is 5.76 Å². The van der Waals surface area contributed by atoms with Crippen molar-refractivity contribution >= 4 is 28.9 Å². The van der Waals surface area contributed by atoms with E-state index in [1.165, 1.54) is 19.2 Å². The maximum absolute atomic E-state index is 13.9. The molecule has 0 saturated heterocycles. The molecule has 10 N–H and O–H groups in total. The number of fused-ring (bicyclic) bond motifs is 3. The van der Waals surface area contributed by atoms with Crippen molar-refractivity contribution in [2.45, 2.75) is 24.5 Å². The van der Waals surface area contributed by atoms with Crippen LogP contribution in [0.2, 0.25) is 0 Å². The van der Waals surface area contributed by atoms with E-state index in [9.17, 15) is 34.8 Å². The molecule has 12 nitrogen and oxygen atoms in total. The van der Waals surface area contributed by atoms with Gasteiger partial charge in [0.1, 0.15) is 22.8 Å². The van der Waals surface area contributed by atoms with Gasteiger partial charge in [0.15, 0.2) is 11.4 Å². The molecular weight excluding hydrogens is 462 g/mol. The van der Waals surface area contributed by atoms with Crippen molar-refractivity contribution in [1.82, 2.24) is 0 Å². The number of ketones is 2. The quantitative estimate of drug-likeness (QED) is 0.111. The van der Waals surface area contributed by atoms with Crippen molar-refractivity contribution in [3.8, 4) is 5.75 Å². The number of aliphatic hydroxyl groups is 3. The van der Waals surface area contributed by atoms with Gasteiger partial charge in [0.25, 0.3) is 5.91 Å². The fraction of sp³-hybridized carbons (Fsp3) is 0.435. The number of carbonyl (C=O) groups is 3. The molecule has 0 aliphatic heterocycles. The Morgan fingerprint density at radius 2 is 1.89 bits per heavy atom. The summed E-state index contributed by atoms with van der Waals surface area (Å²) in [5, 5.41) is 44.0. The molecule has 4 rings (SSSR count). The summed E-state index contributed by atoms with van der Waals surface area (Å²) in [6.07, 6.45) is -0.222. The van der Waals surface area contributed by atoms with E-state index in [2.05, 4.69) is 0 Å². The first-order chi connectivity index (χ1) is 16.4. The molecule has 0 unspecified atom stereocenters. The third-order valence-corrected chi connectivity index (χ3v) is 7.20. The second-order valence-corrected chi connectivity index (χ2v) is 9.14. The predicted octanol–water partition coefficient (Wildman–Crippen LogP) is -1.02. The standard InChI is InChI=1S/C23H27N3O9/c1-34-4-5-35-8-22-6-9-11(24)2-3-12(27)13(9)17(28)15(22)20(31)23(33)10(7-22)16(25)18(29)14(19(23)30)21(26)32/h2-3,10,16,27-28,30,33H,4-8,24-25H2,1H3,(H2,26,32)/t10-,16-,22-,23+/m0/s1. The zero-order valence-electron chi connectivity index (χ0n) is 18.9. The molecule has 3 aliphatic carbocycles. The summed E-state index contributed by atoms with van der Waals surface area (Å²) in [4.78, 5) is 38.5. The van der Waals surface area contributed by atoms with Gasteiger partial charge in [0, 0.05) is 24.1 Å². The molecule has 1 saturated carbocycles. The molecule has 12 heteroatoms. The Labute approximate surface area is 199 Å². The smallest absolute Gasteiger partial charge is 0.255 e. The lowest BCUT2D eigenvalue weighted by molar-refractivity contribution is -0.154. The van der Waals surface area contributed by atoms with E-state index in [0.717, 1.165) is 0 Å². The summed E-state index contributed by atoms with van der Waals surface area (Å²) >= 11 is 0. The maximum Gasteiger partial charge on any atom is 0.255 e. The van der Waals surface area contributed by atoms with Gasteiger partial charge in [0.2, 0.25) is 5.78 Å². The number of nitrogens with two attached hydrogens (primary N) is 3. The summed E-state index contributed by atoms with van der Waals surface area (Å²) in [5.41, 5.74) is 12.4. The number of methoxy groups -OCH3 is 1. The van der Waals surface area contributed by atoms with Gasteiger partial charge in [-0.25, -0.2) is 0 Å². The number of carbonyl (C=O) groups excluding carboxylic acids is 3. The van der Waals surface area contributed by atoms with Crippen molar-refractivity contribution in [2.75, 3.05) is 32.7 Å². The third-order valence-electron chi connectivity index (χ3n) is 7.20. The Morgan fingerprint density at radius 1 is 1.20 bits per heavy atom. The Morgan fingerprint density at radius 3 is 2.51 bits per heavy atom. The summed E-state index contributed by atoms with van der Waals surface area (Å²) in [5.74, 6) is -7.19. The summed E-state index contributed by atoms with van der Waals surface area (Å²) < 4.78 is 10.7. The van der Waals surface area contributed by atoms with Crippen LogP contribution in [-0.2, 0) is 30.3 Å². The van der Waals surface area contributed by atoms with E-state index in [-0.39, 0.29) is 55.2 Å². The van der Waals surface area contributed by atoms with Crippen LogP contribution in [-0.4, -0.2) is 76.5 Å². The van der Waals surface area contributed by atoms with Crippen molar-refractivity contribution in [3.05, 3.63) is 40.2 Å². The van der Waals surface area contributed by atoms with E-state index < -0.39 is 57.5 Å². The lowest BCUT2D eigenvalue weighted by atomic mass is 9.52. The molecule has 3 aliphatic rings. The van der Waals surface area contributed by atoms with Gasteiger partial charge in [0.05, 0.1) is 37.0 Å². The molecule has 188 valence electrons. The number of ether oxygens (including phenoxy) is 2. The highest BCUT2D eigenvalue weighted by Crippen LogP contribution is 2.58. The molecule has 1 aromatic rings. The van der Waals surface area contributed by atoms with E-state index >= 15 is 0 Å². The van der Waals surface area contributed by atoms with Crippen LogP contribution in [0.15, 0.2) is 29.0 Å². The van der Waals surface area contributed by atoms with Crippen LogP contribution < -0.4 is 17.2 Å². The largest absolute Gasteiger partial charge is 0.508 e. The normalized spacial score (nSPS) is 30.1. The first kappa shape index (κ1) is 24.7. The summed E-state index contributed by atoms with van der Waals surface area (Å²) in [6.45, 7) is 0.182. The number of amides is 1. The number of phenolic OH excluding ortho intramolecular Hbond substituents is 1. The van der Waals surface area contributed by atoms with E-state index in [1.807, 2.05) is 0 Å². The van der Waals surface area contributed by atoms with Crippen molar-refractivity contribution < 1.29 is 44.3 Å². The second kappa shape index (κ2) is 8.34. The third kappa shape index (κ3) is 3.32. The Bertz CT molecular complexity index is 1210. The Hall–Kier alpha value is -3.45. The first-order valence-electron chi connectivity index (χ1n) is 10.8. The Kier molecular flexibility index (Phi) is 5.88. The van der Waals surface area contributed by atoms with Gasteiger partial charge >= 0.3 is 0 Å². The SMILES string of the molecule is COCCOC[C@@]12Cc3c(N)ccc(O)c3C(O)=C1C(=O)[C@]1(O)C(O)=C(C(N)=O)C(=O)[C@@H](N)[C@@H]1C2. The topological polar surface area (TPSA) is 229 Å². The van der Waals surface area contributed by atoms with Crippen LogP contribution in [0.4, 0.5) is 5.69 Å². The van der Waals surface area contributed by atoms with Crippen molar-refractivity contribution in [1.29, 1.82) is 0 Å². The van der Waals surface area contributed by atoms with Gasteiger partial charge in [-0.1, -0.05) is 0 Å². The lowest BCUT2D eigenvalue weighted by Gasteiger charge is -2.53. The molecule has 0 radical (unpaired) electrons. The van der Waals surface area contributed by atoms with Gasteiger partial charge in [-0.05, 0) is 30.5 Å². The molecule has 0 bridgehead atoms. The summed E-state index contributed by atoms with van der Waals surface area (Å²) in [7, 11) is 1.47. The highest BCUT2D eigenvalue weighted by Gasteiger charge is 2.66. The number of Topliss-reactive ketones (excluding diaryl/α,β-unsaturated/α-hetero) is 2. The van der Waals surface area contributed by atoms with Crippen LogP contribution in [0.1, 0.15) is 17.5 Å². The lowest BCUT2D eigenvalue weighted by Crippen LogP contribution is -2.67. The van der Waals surface area contributed by atoms with Crippen LogP contribution >= 0.6 is 0 Å². The number of aliphatic hydroxyl groups excluding tert-OH is 2.